The predicted octanol–water partition coefficient (Wildman–Crippen LogP) is 2.32. The number of hydrogen-bond donors (Lipinski definition) is 0. The van der Waals surface area contributed by atoms with Crippen LogP contribution in [0.2, 0.25) is 0 Å². The van der Waals surface area contributed by atoms with Crippen LogP contribution in [0.4, 0.5) is 10.1 Å². The summed E-state index contributed by atoms with van der Waals surface area (Å²) >= 11 is 0. The maximum atomic E-state index is 13.2. The molecular formula is C13H15FN2O3. The van der Waals surface area contributed by atoms with Gasteiger partial charge in [-0.15, -0.1) is 0 Å². The van der Waals surface area contributed by atoms with E-state index in [1.54, 1.807) is 25.8 Å². The molecule has 2 rings (SSSR count). The van der Waals surface area contributed by atoms with E-state index in [1.165, 1.54) is 12.1 Å². The van der Waals surface area contributed by atoms with E-state index < -0.39 is 16.2 Å². The highest BCUT2D eigenvalue weighted by molar-refractivity contribution is 5.85. The molecule has 1 aliphatic rings. The third-order valence-electron chi connectivity index (χ3n) is 3.79. The molecule has 0 saturated carbocycles. The number of carbonyl (C=O) groups excluding carboxylic acids is 1. The van der Waals surface area contributed by atoms with Crippen LogP contribution in [0.3, 0.4) is 0 Å². The molecule has 1 amide bonds. The molecule has 0 N–H and O–H groups in total. The van der Waals surface area contributed by atoms with Gasteiger partial charge in [0.1, 0.15) is 5.82 Å². The van der Waals surface area contributed by atoms with Gasteiger partial charge in [0.05, 0.1) is 16.4 Å². The lowest BCUT2D eigenvalue weighted by Crippen LogP contribution is -2.29. The van der Waals surface area contributed by atoms with E-state index in [4.69, 9.17) is 0 Å². The lowest BCUT2D eigenvalue weighted by Gasteiger charge is -2.23. The number of hydrogen-bond acceptors (Lipinski definition) is 3. The van der Waals surface area contributed by atoms with Crippen molar-refractivity contribution in [3.05, 3.63) is 39.7 Å². The van der Waals surface area contributed by atoms with Crippen molar-refractivity contribution in [1.29, 1.82) is 0 Å². The number of rotatable bonds is 2. The smallest absolute Gasteiger partial charge is 0.275 e. The van der Waals surface area contributed by atoms with Gasteiger partial charge >= 0.3 is 0 Å². The van der Waals surface area contributed by atoms with Crippen molar-refractivity contribution in [2.45, 2.75) is 19.8 Å². The average Bonchev–Trinajstić information content (AvgIpc) is 2.53. The van der Waals surface area contributed by atoms with Gasteiger partial charge in [0.25, 0.3) is 5.69 Å². The zero-order valence-corrected chi connectivity index (χ0v) is 11.0. The Bertz CT molecular complexity index is 557. The standard InChI is InChI=1S/C13H15FN2O3/c1-13(2)10(7-15(3)12(13)17)9-5-4-8(14)6-11(9)16(18)19/h4-6,10H,7H2,1-3H3. The fraction of sp³-hybridized carbons (Fsp3) is 0.462. The fourth-order valence-electron chi connectivity index (χ4n) is 2.68. The lowest BCUT2D eigenvalue weighted by atomic mass is 9.77. The number of likely N-dealkylation sites (tertiary alicyclic amines) is 1. The van der Waals surface area contributed by atoms with Crippen molar-refractivity contribution in [1.82, 2.24) is 4.90 Å². The van der Waals surface area contributed by atoms with Crippen LogP contribution in [0.1, 0.15) is 25.3 Å². The Labute approximate surface area is 110 Å². The van der Waals surface area contributed by atoms with Crippen LogP contribution in [0.5, 0.6) is 0 Å². The SMILES string of the molecule is CN1CC(c2ccc(F)cc2[N+](=O)[O-])C(C)(C)C1=O. The lowest BCUT2D eigenvalue weighted by molar-refractivity contribution is -0.386. The number of likely N-dealkylation sites (N-methyl/N-ethyl adjacent to an activating group) is 1. The van der Waals surface area contributed by atoms with E-state index in [0.717, 1.165) is 6.07 Å². The fourth-order valence-corrected chi connectivity index (χ4v) is 2.68. The van der Waals surface area contributed by atoms with E-state index in [9.17, 15) is 19.3 Å². The molecule has 1 aromatic carbocycles. The van der Waals surface area contributed by atoms with Crippen molar-refractivity contribution in [3.8, 4) is 0 Å². The van der Waals surface area contributed by atoms with E-state index in [1.807, 2.05) is 0 Å². The second-order valence-corrected chi connectivity index (χ2v) is 5.42. The Balaban J connectivity index is 2.54. The van der Waals surface area contributed by atoms with Gasteiger partial charge in [-0.2, -0.15) is 0 Å². The molecule has 0 aliphatic carbocycles. The van der Waals surface area contributed by atoms with Crippen LogP contribution in [0, 0.1) is 21.3 Å². The summed E-state index contributed by atoms with van der Waals surface area (Å²) in [5.74, 6) is -1.02. The first-order chi connectivity index (χ1) is 8.75. The Morgan fingerprint density at radius 1 is 1.47 bits per heavy atom. The van der Waals surface area contributed by atoms with Crippen molar-refractivity contribution in [2.24, 2.45) is 5.41 Å². The highest BCUT2D eigenvalue weighted by Crippen LogP contribution is 2.45. The number of halogens is 1. The van der Waals surface area contributed by atoms with Crippen molar-refractivity contribution < 1.29 is 14.1 Å². The highest BCUT2D eigenvalue weighted by atomic mass is 19.1. The number of benzene rings is 1. The first kappa shape index (κ1) is 13.5. The summed E-state index contributed by atoms with van der Waals surface area (Å²) in [5.41, 5.74) is -0.576. The van der Waals surface area contributed by atoms with E-state index in [0.29, 0.717) is 12.1 Å². The molecule has 0 radical (unpaired) electrons. The summed E-state index contributed by atoms with van der Waals surface area (Å²) in [6, 6.07) is 3.52. The van der Waals surface area contributed by atoms with Crippen LogP contribution < -0.4 is 0 Å². The molecule has 1 fully saturated rings. The molecule has 1 atom stereocenters. The summed E-state index contributed by atoms with van der Waals surface area (Å²) in [5, 5.41) is 11.0. The zero-order chi connectivity index (χ0) is 14.4. The summed E-state index contributed by atoms with van der Waals surface area (Å²) in [7, 11) is 1.67. The molecular weight excluding hydrogens is 251 g/mol. The van der Waals surface area contributed by atoms with Crippen LogP contribution in [0.25, 0.3) is 0 Å². The van der Waals surface area contributed by atoms with Gasteiger partial charge in [-0.25, -0.2) is 4.39 Å². The normalized spacial score (nSPS) is 21.8. The van der Waals surface area contributed by atoms with Gasteiger partial charge in [0.15, 0.2) is 0 Å². The molecule has 1 saturated heterocycles. The minimum absolute atomic E-state index is 0.0591. The van der Waals surface area contributed by atoms with Gasteiger partial charge in [-0.05, 0) is 12.1 Å². The Hall–Kier alpha value is -1.98. The van der Waals surface area contributed by atoms with Gasteiger partial charge in [0.2, 0.25) is 5.91 Å². The molecule has 6 heteroatoms. The Morgan fingerprint density at radius 3 is 2.58 bits per heavy atom. The predicted molar refractivity (Wildman–Crippen MR) is 67.2 cm³/mol. The molecule has 1 aromatic rings. The minimum Gasteiger partial charge on any atom is -0.345 e. The second kappa shape index (κ2) is 4.29. The molecule has 19 heavy (non-hydrogen) atoms. The van der Waals surface area contributed by atoms with Crippen LogP contribution in [0.15, 0.2) is 18.2 Å². The van der Waals surface area contributed by atoms with Crippen LogP contribution in [-0.4, -0.2) is 29.3 Å². The number of carbonyl (C=O) groups is 1. The third kappa shape index (κ3) is 2.07. The maximum Gasteiger partial charge on any atom is 0.275 e. The summed E-state index contributed by atoms with van der Waals surface area (Å²) in [4.78, 5) is 24.0. The van der Waals surface area contributed by atoms with Crippen molar-refractivity contribution in [2.75, 3.05) is 13.6 Å². The van der Waals surface area contributed by atoms with Gasteiger partial charge < -0.3 is 4.90 Å². The summed E-state index contributed by atoms with van der Waals surface area (Å²) < 4.78 is 13.2. The van der Waals surface area contributed by atoms with Gasteiger partial charge in [-0.1, -0.05) is 13.8 Å². The Morgan fingerprint density at radius 2 is 2.11 bits per heavy atom. The number of nitro benzene ring substituents is 1. The van der Waals surface area contributed by atoms with E-state index >= 15 is 0 Å². The first-order valence-corrected chi connectivity index (χ1v) is 5.94. The Kier molecular flexibility index (Phi) is 3.04. The molecule has 1 aliphatic heterocycles. The highest BCUT2D eigenvalue weighted by Gasteiger charge is 2.48. The summed E-state index contributed by atoms with van der Waals surface area (Å²) in [6.07, 6.45) is 0. The van der Waals surface area contributed by atoms with E-state index in [2.05, 4.69) is 0 Å². The maximum absolute atomic E-state index is 13.2. The van der Waals surface area contributed by atoms with Gasteiger partial charge in [0, 0.05) is 25.1 Å². The first-order valence-electron chi connectivity index (χ1n) is 5.94. The molecule has 5 nitrogen and oxygen atoms in total. The monoisotopic (exact) mass is 266 g/mol. The summed E-state index contributed by atoms with van der Waals surface area (Å²) in [6.45, 7) is 3.92. The largest absolute Gasteiger partial charge is 0.345 e. The minimum atomic E-state index is -0.725. The zero-order valence-electron chi connectivity index (χ0n) is 11.0. The molecule has 0 spiro atoms. The van der Waals surface area contributed by atoms with Crippen molar-refractivity contribution in [3.63, 3.8) is 0 Å². The average molecular weight is 266 g/mol. The molecule has 1 unspecified atom stereocenters. The third-order valence-corrected chi connectivity index (χ3v) is 3.79. The molecule has 0 aromatic heterocycles. The van der Waals surface area contributed by atoms with Gasteiger partial charge in [-0.3, -0.25) is 14.9 Å². The number of amides is 1. The van der Waals surface area contributed by atoms with E-state index in [-0.39, 0.29) is 17.5 Å². The topological polar surface area (TPSA) is 63.4 Å². The molecule has 1 heterocycles. The molecule has 102 valence electrons. The number of nitrogens with zero attached hydrogens (tertiary/aromatic N) is 2. The second-order valence-electron chi connectivity index (χ2n) is 5.42. The van der Waals surface area contributed by atoms with Crippen molar-refractivity contribution >= 4 is 11.6 Å². The van der Waals surface area contributed by atoms with Crippen LogP contribution >= 0.6 is 0 Å². The van der Waals surface area contributed by atoms with Crippen LogP contribution in [-0.2, 0) is 4.79 Å². The molecule has 0 bridgehead atoms. The quantitative estimate of drug-likeness (QED) is 0.609. The number of nitro groups is 1.